The molecule has 4 rings (SSSR count). The van der Waals surface area contributed by atoms with Crippen LogP contribution in [0.25, 0.3) is 5.82 Å². The van der Waals surface area contributed by atoms with E-state index in [0.29, 0.717) is 22.2 Å². The third-order valence-corrected chi connectivity index (χ3v) is 4.59. The fourth-order valence-electron chi connectivity index (χ4n) is 2.80. The molecule has 0 atom stereocenters. The monoisotopic (exact) mass is 419 g/mol. The quantitative estimate of drug-likeness (QED) is 0.422. The molecule has 2 aromatic carbocycles. The largest absolute Gasteiger partial charge is 0.340 e. The molecule has 0 unspecified atom stereocenters. The number of amides is 2. The number of para-hydroxylation sites is 1. The van der Waals surface area contributed by atoms with Crippen molar-refractivity contribution in [3.8, 4) is 5.82 Å². The van der Waals surface area contributed by atoms with Crippen LogP contribution >= 0.6 is 11.6 Å². The van der Waals surface area contributed by atoms with Crippen molar-refractivity contribution in [2.45, 2.75) is 6.92 Å². The van der Waals surface area contributed by atoms with Gasteiger partial charge >= 0.3 is 6.03 Å². The average molecular weight is 420 g/mol. The summed E-state index contributed by atoms with van der Waals surface area (Å²) in [7, 11) is 0. The van der Waals surface area contributed by atoms with Gasteiger partial charge in [0.1, 0.15) is 23.8 Å². The van der Waals surface area contributed by atoms with Crippen LogP contribution in [0.4, 0.5) is 27.7 Å². The highest BCUT2D eigenvalue weighted by Gasteiger charge is 2.07. The molecular weight excluding hydrogens is 402 g/mol. The number of benzene rings is 2. The summed E-state index contributed by atoms with van der Waals surface area (Å²) in [5, 5.41) is 9.18. The molecule has 0 saturated heterocycles. The normalized spacial score (nSPS) is 10.5. The summed E-state index contributed by atoms with van der Waals surface area (Å²) >= 11 is 6.06. The van der Waals surface area contributed by atoms with Crippen LogP contribution < -0.4 is 16.0 Å². The summed E-state index contributed by atoms with van der Waals surface area (Å²) in [6, 6.07) is 15.8. The predicted molar refractivity (Wildman–Crippen MR) is 118 cm³/mol. The van der Waals surface area contributed by atoms with Crippen molar-refractivity contribution >= 4 is 40.5 Å². The van der Waals surface area contributed by atoms with Gasteiger partial charge in [0.25, 0.3) is 0 Å². The topological polar surface area (TPSA) is 96.8 Å². The molecule has 0 aliphatic rings. The maximum Gasteiger partial charge on any atom is 0.323 e. The molecule has 0 saturated carbocycles. The molecule has 0 spiro atoms. The number of hydrogen-bond acceptors (Lipinski definition) is 5. The van der Waals surface area contributed by atoms with Crippen LogP contribution in [0, 0.1) is 6.92 Å². The summed E-state index contributed by atoms with van der Waals surface area (Å²) in [5.41, 5.74) is 2.00. The van der Waals surface area contributed by atoms with E-state index in [1.807, 2.05) is 35.9 Å². The molecule has 9 heteroatoms. The fourth-order valence-corrected chi connectivity index (χ4v) is 2.98. The molecule has 30 heavy (non-hydrogen) atoms. The van der Waals surface area contributed by atoms with Crippen LogP contribution in [-0.2, 0) is 0 Å². The molecule has 0 aliphatic carbocycles. The maximum atomic E-state index is 12.2. The molecule has 0 fully saturated rings. The van der Waals surface area contributed by atoms with Crippen LogP contribution in [-0.4, -0.2) is 25.6 Å². The number of carbonyl (C=O) groups is 1. The van der Waals surface area contributed by atoms with Crippen molar-refractivity contribution in [1.82, 2.24) is 19.5 Å². The Labute approximate surface area is 178 Å². The Morgan fingerprint density at radius 1 is 0.967 bits per heavy atom. The molecule has 0 radical (unpaired) electrons. The number of hydrogen-bond donors (Lipinski definition) is 3. The first-order chi connectivity index (χ1) is 14.6. The van der Waals surface area contributed by atoms with E-state index in [1.165, 1.54) is 6.33 Å². The Bertz CT molecular complexity index is 1170. The van der Waals surface area contributed by atoms with Crippen LogP contribution in [0.1, 0.15) is 5.82 Å². The molecule has 150 valence electrons. The number of aryl methyl sites for hydroxylation is 1. The second-order valence-corrected chi connectivity index (χ2v) is 6.77. The van der Waals surface area contributed by atoms with Gasteiger partial charge in [-0.1, -0.05) is 23.7 Å². The minimum atomic E-state index is -0.375. The first-order valence-corrected chi connectivity index (χ1v) is 9.48. The van der Waals surface area contributed by atoms with Crippen LogP contribution in [0.5, 0.6) is 0 Å². The summed E-state index contributed by atoms with van der Waals surface area (Å²) in [5.74, 6) is 2.20. The van der Waals surface area contributed by atoms with E-state index < -0.39 is 0 Å². The van der Waals surface area contributed by atoms with Gasteiger partial charge in [-0.25, -0.2) is 19.7 Å². The van der Waals surface area contributed by atoms with E-state index in [2.05, 4.69) is 30.9 Å². The minimum absolute atomic E-state index is 0.375. The molecule has 0 aliphatic heterocycles. The lowest BCUT2D eigenvalue weighted by Gasteiger charge is -2.11. The number of nitrogens with zero attached hydrogens (tertiary/aromatic N) is 4. The maximum absolute atomic E-state index is 12.2. The highest BCUT2D eigenvalue weighted by atomic mass is 35.5. The lowest BCUT2D eigenvalue weighted by atomic mass is 10.2. The van der Waals surface area contributed by atoms with Gasteiger partial charge in [-0.3, -0.25) is 4.57 Å². The Balaban J connectivity index is 1.40. The van der Waals surface area contributed by atoms with Gasteiger partial charge in [-0.2, -0.15) is 0 Å². The molecule has 0 bridgehead atoms. The van der Waals surface area contributed by atoms with E-state index in [1.54, 1.807) is 42.6 Å². The van der Waals surface area contributed by atoms with E-state index in [4.69, 9.17) is 11.6 Å². The summed E-state index contributed by atoms with van der Waals surface area (Å²) < 4.78 is 1.87. The van der Waals surface area contributed by atoms with E-state index in [-0.39, 0.29) is 6.03 Å². The van der Waals surface area contributed by atoms with Crippen LogP contribution in [0.15, 0.2) is 73.3 Å². The second-order valence-electron chi connectivity index (χ2n) is 6.37. The number of halogens is 1. The summed E-state index contributed by atoms with van der Waals surface area (Å²) in [6.07, 6.45) is 5.06. The third kappa shape index (κ3) is 4.56. The smallest absolute Gasteiger partial charge is 0.323 e. The Kier molecular flexibility index (Phi) is 5.58. The van der Waals surface area contributed by atoms with Gasteiger partial charge in [-0.15, -0.1) is 0 Å². The molecule has 2 aromatic heterocycles. The molecule has 3 N–H and O–H groups in total. The van der Waals surface area contributed by atoms with E-state index in [9.17, 15) is 4.79 Å². The van der Waals surface area contributed by atoms with Gasteiger partial charge in [0.15, 0.2) is 0 Å². The van der Waals surface area contributed by atoms with Crippen molar-refractivity contribution in [3.63, 3.8) is 0 Å². The summed E-state index contributed by atoms with van der Waals surface area (Å²) in [4.78, 5) is 24.9. The van der Waals surface area contributed by atoms with Crippen LogP contribution in [0.3, 0.4) is 0 Å². The zero-order chi connectivity index (χ0) is 20.9. The molecule has 8 nitrogen and oxygen atoms in total. The number of nitrogens with one attached hydrogen (secondary N) is 3. The lowest BCUT2D eigenvalue weighted by molar-refractivity contribution is 0.262. The fraction of sp³-hybridized carbons (Fsp3) is 0.0476. The molecule has 4 aromatic rings. The molecule has 2 heterocycles. The Morgan fingerprint density at radius 3 is 2.47 bits per heavy atom. The minimum Gasteiger partial charge on any atom is -0.340 e. The predicted octanol–water partition coefficient (Wildman–Crippen LogP) is 5.01. The van der Waals surface area contributed by atoms with Gasteiger partial charge in [0.05, 0.1) is 10.7 Å². The standard InChI is InChI=1S/C21H18ClN7O/c1-14-23-10-11-29(14)20-12-19(24-13-25-20)26-15-6-8-16(9-7-15)27-21(30)28-18-5-3-2-4-17(18)22/h2-13H,1H3,(H,24,25,26)(H2,27,28,30). The van der Waals surface area contributed by atoms with E-state index >= 15 is 0 Å². The van der Waals surface area contributed by atoms with Crippen molar-refractivity contribution in [1.29, 1.82) is 0 Å². The number of aromatic nitrogens is 4. The highest BCUT2D eigenvalue weighted by Crippen LogP contribution is 2.22. The SMILES string of the molecule is Cc1nccn1-c1cc(Nc2ccc(NC(=O)Nc3ccccc3Cl)cc2)ncn1. The van der Waals surface area contributed by atoms with Crippen molar-refractivity contribution in [3.05, 3.63) is 84.2 Å². The summed E-state index contributed by atoms with van der Waals surface area (Å²) in [6.45, 7) is 1.91. The second kappa shape index (κ2) is 8.62. The molecular formula is C21H18ClN7O. The first kappa shape index (κ1) is 19.4. The highest BCUT2D eigenvalue weighted by molar-refractivity contribution is 6.33. The molecule has 2 amide bonds. The third-order valence-electron chi connectivity index (χ3n) is 4.26. The van der Waals surface area contributed by atoms with Gasteiger partial charge in [0, 0.05) is 29.8 Å². The number of urea groups is 1. The van der Waals surface area contributed by atoms with Gasteiger partial charge in [-0.05, 0) is 43.3 Å². The van der Waals surface area contributed by atoms with Crippen molar-refractivity contribution in [2.75, 3.05) is 16.0 Å². The Morgan fingerprint density at radius 2 is 1.73 bits per heavy atom. The van der Waals surface area contributed by atoms with Crippen molar-refractivity contribution < 1.29 is 4.79 Å². The van der Waals surface area contributed by atoms with Gasteiger partial charge in [0.2, 0.25) is 0 Å². The number of rotatable bonds is 5. The number of imidazole rings is 1. The van der Waals surface area contributed by atoms with E-state index in [0.717, 1.165) is 17.3 Å². The lowest BCUT2D eigenvalue weighted by Crippen LogP contribution is -2.19. The number of carbonyl (C=O) groups excluding carboxylic acids is 1. The van der Waals surface area contributed by atoms with Crippen molar-refractivity contribution in [2.24, 2.45) is 0 Å². The van der Waals surface area contributed by atoms with Gasteiger partial charge < -0.3 is 16.0 Å². The zero-order valence-corrected chi connectivity index (χ0v) is 16.8. The number of anilines is 4. The first-order valence-electron chi connectivity index (χ1n) is 9.10. The average Bonchev–Trinajstić information content (AvgIpc) is 3.17. The zero-order valence-electron chi connectivity index (χ0n) is 16.0. The van der Waals surface area contributed by atoms with Crippen LogP contribution in [0.2, 0.25) is 5.02 Å². The Hall–Kier alpha value is -3.91.